The van der Waals surface area contributed by atoms with E-state index in [4.69, 9.17) is 36.8 Å². The van der Waals surface area contributed by atoms with Gasteiger partial charge in [0, 0.05) is 10.4 Å². The molecule has 0 unspecified atom stereocenters. The minimum atomic E-state index is -5.17. The first-order valence-electron chi connectivity index (χ1n) is 1.43. The summed E-state index contributed by atoms with van der Waals surface area (Å²) < 4.78 is 42.9. The Kier molecular flexibility index (Phi) is 9.67. The molecule has 2 N–H and O–H groups in total. The van der Waals surface area contributed by atoms with E-state index in [0.29, 0.717) is 0 Å². The maximum absolute atomic E-state index is 8.77. The van der Waals surface area contributed by atoms with Crippen LogP contribution in [0.5, 0.6) is 0 Å². The summed E-state index contributed by atoms with van der Waals surface area (Å²) in [6, 6.07) is 0. The van der Waals surface area contributed by atoms with E-state index in [-0.39, 0.29) is 17.1 Å². The van der Waals surface area contributed by atoms with Gasteiger partial charge in [0.25, 0.3) is 7.82 Å². The van der Waals surface area contributed by atoms with Crippen molar-refractivity contribution in [3.63, 3.8) is 0 Å². The molecule has 0 fully saturated rings. The van der Waals surface area contributed by atoms with Crippen molar-refractivity contribution in [2.75, 3.05) is 0 Å². The molecular weight excluding hydrogens is 247 g/mol. The van der Waals surface area contributed by atoms with Gasteiger partial charge in [-0.3, -0.25) is 13.0 Å². The summed E-state index contributed by atoms with van der Waals surface area (Å²) in [5.74, 6) is 0. The van der Waals surface area contributed by atoms with E-state index < -0.39 is 18.2 Å². The fourth-order valence-electron chi connectivity index (χ4n) is 0. The van der Waals surface area contributed by atoms with Gasteiger partial charge in [0.05, 0.1) is 0 Å². The van der Waals surface area contributed by atoms with Crippen LogP contribution in [0.3, 0.4) is 0 Å². The smallest absolute Gasteiger partial charge is 0.759 e. The third kappa shape index (κ3) is 3040. The average Bonchev–Trinajstić information content (AvgIpc) is 1.12. The van der Waals surface area contributed by atoms with Crippen molar-refractivity contribution in [2.24, 2.45) is 0 Å². The summed E-state index contributed by atoms with van der Waals surface area (Å²) in [6.45, 7) is 0. The Morgan fingerprint density at radius 2 is 1.18 bits per heavy atom. The van der Waals surface area contributed by atoms with Crippen LogP contribution in [0.25, 0.3) is 0 Å². The molecule has 11 heavy (non-hydrogen) atoms. The van der Waals surface area contributed by atoms with E-state index in [1.807, 2.05) is 0 Å². The Bertz CT molecular complexity index is 192. The number of hydrogen-bond donors (Lipinski definition) is 2. The van der Waals surface area contributed by atoms with E-state index in [9.17, 15) is 0 Å². The van der Waals surface area contributed by atoms with Gasteiger partial charge in [-0.15, -0.1) is 0 Å². The van der Waals surface area contributed by atoms with Crippen LogP contribution in [0.2, 0.25) is 0 Å². The van der Waals surface area contributed by atoms with E-state index >= 15 is 0 Å². The van der Waals surface area contributed by atoms with Crippen molar-refractivity contribution in [1.82, 2.24) is 0 Å². The Morgan fingerprint density at radius 3 is 1.18 bits per heavy atom. The van der Waals surface area contributed by atoms with Gasteiger partial charge in [-0.25, -0.2) is 0 Å². The molecule has 0 aliphatic heterocycles. The summed E-state index contributed by atoms with van der Waals surface area (Å²) in [4.78, 5) is 22.9. The van der Waals surface area contributed by atoms with Crippen LogP contribution in [0.1, 0.15) is 0 Å². The Hall–Kier alpha value is 0.499. The van der Waals surface area contributed by atoms with E-state index in [1.165, 1.54) is 0 Å². The Labute approximate surface area is 72.5 Å². The fourth-order valence-corrected chi connectivity index (χ4v) is 0. The molecule has 0 amide bonds. The van der Waals surface area contributed by atoms with Gasteiger partial charge in [0.1, 0.15) is 0 Å². The molecule has 0 spiro atoms. The zero-order valence-electron chi connectivity index (χ0n) is 4.55. The quantitative estimate of drug-likeness (QED) is 0.200. The predicted octanol–water partition coefficient (Wildman–Crippen LogP) is -2.90. The third-order valence-corrected chi connectivity index (χ3v) is 0. The average molecular weight is 249 g/mol. The largest absolute Gasteiger partial charge is 3.00 e. The zero-order valence-corrected chi connectivity index (χ0v) is 7.37. The molecule has 11 heteroatoms. The second-order valence-corrected chi connectivity index (χ2v) is 2.70. The van der Waals surface area contributed by atoms with Crippen molar-refractivity contribution >= 4 is 18.2 Å². The number of hydrogen-bond acceptors (Lipinski definition) is 6. The predicted molar refractivity (Wildman–Crippen MR) is 22.5 cm³/mol. The first-order chi connectivity index (χ1) is 4.00. The van der Waals surface area contributed by atoms with Gasteiger partial charge in [0.15, 0.2) is 0 Å². The van der Waals surface area contributed by atoms with Crippen LogP contribution in [0, 0.1) is 0 Å². The zero-order chi connectivity index (χ0) is 9.00. The van der Waals surface area contributed by atoms with Crippen LogP contribution in [0.4, 0.5) is 0 Å². The van der Waals surface area contributed by atoms with Gasteiger partial charge in [0.2, 0.25) is 0 Å². The molecule has 8 nitrogen and oxygen atoms in total. The van der Waals surface area contributed by atoms with Crippen LogP contribution in [-0.2, 0) is 32.0 Å². The maximum atomic E-state index is 8.77. The minimum absolute atomic E-state index is 0. The Balaban J connectivity index is -0.000000107. The van der Waals surface area contributed by atoms with E-state index in [0.717, 1.165) is 0 Å². The standard InChI is InChI=1S/Fe.H3O4P.H2O4S/c;2*1-5(2,3)4/h;(H3,1,2,3,4);(H2,1,2,3,4)/q+3;;/p-3. The third-order valence-electron chi connectivity index (χ3n) is 0. The van der Waals surface area contributed by atoms with Crippen LogP contribution >= 0.6 is 7.82 Å². The van der Waals surface area contributed by atoms with Crippen molar-refractivity contribution in [3.8, 4) is 0 Å². The van der Waals surface area contributed by atoms with Crippen molar-refractivity contribution < 1.29 is 53.8 Å². The second-order valence-electron chi connectivity index (χ2n) is 0.899. The SMILES string of the molecule is O=P([O-])(O)O.O=S(=O)([O-])[O-].[Fe+3]. The van der Waals surface area contributed by atoms with Gasteiger partial charge in [-0.1, -0.05) is 0 Å². The summed E-state index contributed by atoms with van der Waals surface area (Å²) in [5.41, 5.74) is 0. The molecule has 0 saturated heterocycles. The molecule has 0 aliphatic rings. The van der Waals surface area contributed by atoms with Gasteiger partial charge >= 0.3 is 17.1 Å². The number of rotatable bonds is 0. The molecule has 69 valence electrons. The molecule has 0 atom stereocenters. The first-order valence-corrected chi connectivity index (χ1v) is 4.30. The molecule has 0 bridgehead atoms. The minimum Gasteiger partial charge on any atom is -0.759 e. The molecule has 0 aromatic heterocycles. The maximum Gasteiger partial charge on any atom is 3.00 e. The first kappa shape index (κ1) is 17.5. The summed E-state index contributed by atoms with van der Waals surface area (Å²) in [5, 5.41) is 0. The van der Waals surface area contributed by atoms with Crippen LogP contribution in [-0.4, -0.2) is 27.3 Å². The molecule has 0 saturated carbocycles. The molecule has 0 aromatic rings. The molecular formula is H2FeO8PS. The second kappa shape index (κ2) is 6.06. The van der Waals surface area contributed by atoms with Gasteiger partial charge < -0.3 is 23.8 Å². The summed E-state index contributed by atoms with van der Waals surface area (Å²) in [6.07, 6.45) is 0. The van der Waals surface area contributed by atoms with E-state index in [2.05, 4.69) is 0 Å². The van der Waals surface area contributed by atoms with Gasteiger partial charge in [-0.2, -0.15) is 0 Å². The van der Waals surface area contributed by atoms with Crippen molar-refractivity contribution in [3.05, 3.63) is 0 Å². The monoisotopic (exact) mass is 249 g/mol. The summed E-state index contributed by atoms with van der Waals surface area (Å²) >= 11 is 0. The molecule has 0 heterocycles. The number of phosphoric acid groups is 1. The molecule has 0 rings (SSSR count). The normalized spacial score (nSPS) is 10.6. The molecule has 1 radical (unpaired) electrons. The van der Waals surface area contributed by atoms with Crippen molar-refractivity contribution in [2.45, 2.75) is 0 Å². The van der Waals surface area contributed by atoms with Crippen LogP contribution in [0.15, 0.2) is 0 Å². The Morgan fingerprint density at radius 1 is 1.18 bits per heavy atom. The fraction of sp³-hybridized carbons (Fsp3) is 0. The molecule has 0 aliphatic carbocycles. The molecule has 0 aromatic carbocycles. The van der Waals surface area contributed by atoms with Crippen LogP contribution < -0.4 is 4.89 Å². The van der Waals surface area contributed by atoms with Crippen molar-refractivity contribution in [1.29, 1.82) is 0 Å². The topological polar surface area (TPSA) is 161 Å². The van der Waals surface area contributed by atoms with Gasteiger partial charge in [-0.05, 0) is 0 Å². The summed E-state index contributed by atoms with van der Waals surface area (Å²) in [7, 11) is -10.1. The van der Waals surface area contributed by atoms with E-state index in [1.54, 1.807) is 0 Å².